The van der Waals surface area contributed by atoms with Crippen LogP contribution in [0.25, 0.3) is 0 Å². The number of nitrogens with two attached hydrogens (primary N) is 3. The first-order valence-corrected chi connectivity index (χ1v) is 11.1. The van der Waals surface area contributed by atoms with Gasteiger partial charge in [-0.2, -0.15) is 0 Å². The second-order valence-corrected chi connectivity index (χ2v) is 8.03. The van der Waals surface area contributed by atoms with E-state index in [1.165, 1.54) is 13.8 Å². The van der Waals surface area contributed by atoms with Crippen molar-refractivity contribution in [3.05, 3.63) is 0 Å². The van der Waals surface area contributed by atoms with Gasteiger partial charge < -0.3 is 48.5 Å². The summed E-state index contributed by atoms with van der Waals surface area (Å²) >= 11 is 0. The van der Waals surface area contributed by atoms with E-state index in [4.69, 9.17) is 17.2 Å². The van der Waals surface area contributed by atoms with Crippen molar-refractivity contribution in [3.63, 3.8) is 0 Å². The maximum atomic E-state index is 12.7. The van der Waals surface area contributed by atoms with Crippen LogP contribution in [0.1, 0.15) is 52.4 Å². The molecule has 3 amide bonds. The summed E-state index contributed by atoms with van der Waals surface area (Å²) in [5, 5.41) is 36.2. The molecule has 12 N–H and O–H groups in total. The summed E-state index contributed by atoms with van der Waals surface area (Å²) in [6, 6.07) is -5.13. The van der Waals surface area contributed by atoms with Gasteiger partial charge >= 0.3 is 5.97 Å². The molecule has 0 saturated carbocycles. The van der Waals surface area contributed by atoms with Crippen LogP contribution < -0.4 is 33.2 Å². The lowest BCUT2D eigenvalue weighted by Gasteiger charge is -2.27. The molecule has 0 bridgehead atoms. The van der Waals surface area contributed by atoms with E-state index < -0.39 is 60.1 Å². The minimum Gasteiger partial charge on any atom is -0.480 e. The molecule has 6 atom stereocenters. The van der Waals surface area contributed by atoms with E-state index in [1.54, 1.807) is 0 Å². The van der Waals surface area contributed by atoms with Crippen LogP contribution >= 0.6 is 0 Å². The summed E-state index contributed by atoms with van der Waals surface area (Å²) < 4.78 is 0. The highest BCUT2D eigenvalue weighted by atomic mass is 16.4. The number of amides is 3. The van der Waals surface area contributed by atoms with Crippen LogP contribution in [0.3, 0.4) is 0 Å². The SMILES string of the molecule is CC(O)C(NC(=O)C(N)CCCCN)C(=O)NC(C(=O)NC(CCCCN)C(=O)O)C(C)O. The van der Waals surface area contributed by atoms with Gasteiger partial charge in [0.15, 0.2) is 0 Å². The zero-order valence-electron chi connectivity index (χ0n) is 19.3. The molecule has 0 radical (unpaired) electrons. The smallest absolute Gasteiger partial charge is 0.326 e. The monoisotopic (exact) mass is 476 g/mol. The Kier molecular flexibility index (Phi) is 15.2. The molecule has 13 nitrogen and oxygen atoms in total. The molecule has 0 aromatic heterocycles. The first-order valence-electron chi connectivity index (χ1n) is 11.1. The van der Waals surface area contributed by atoms with Crippen LogP contribution in [0.2, 0.25) is 0 Å². The third-order valence-electron chi connectivity index (χ3n) is 4.99. The molecule has 13 heteroatoms. The Hall–Kier alpha value is -2.32. The molecule has 0 fully saturated rings. The third-order valence-corrected chi connectivity index (χ3v) is 4.99. The fourth-order valence-corrected chi connectivity index (χ4v) is 2.97. The molecule has 0 heterocycles. The van der Waals surface area contributed by atoms with Crippen LogP contribution in [-0.2, 0) is 19.2 Å². The van der Waals surface area contributed by atoms with E-state index >= 15 is 0 Å². The van der Waals surface area contributed by atoms with Crippen molar-refractivity contribution < 1.29 is 34.5 Å². The topological polar surface area (TPSA) is 243 Å². The van der Waals surface area contributed by atoms with Gasteiger partial charge in [-0.3, -0.25) is 14.4 Å². The number of aliphatic carboxylic acids is 1. The van der Waals surface area contributed by atoms with Crippen LogP contribution in [0.4, 0.5) is 0 Å². The summed E-state index contributed by atoms with van der Waals surface area (Å²) in [5.74, 6) is -3.80. The highest BCUT2D eigenvalue weighted by Crippen LogP contribution is 2.05. The molecular weight excluding hydrogens is 436 g/mol. The minimum atomic E-state index is -1.52. The number of hydrogen-bond donors (Lipinski definition) is 9. The predicted molar refractivity (Wildman–Crippen MR) is 121 cm³/mol. The van der Waals surface area contributed by atoms with Gasteiger partial charge in [-0.15, -0.1) is 0 Å². The second-order valence-electron chi connectivity index (χ2n) is 8.03. The van der Waals surface area contributed by atoms with Gasteiger partial charge in [0.25, 0.3) is 0 Å². The highest BCUT2D eigenvalue weighted by molar-refractivity contribution is 5.94. The Morgan fingerprint density at radius 3 is 1.58 bits per heavy atom. The van der Waals surface area contributed by atoms with Gasteiger partial charge in [0.1, 0.15) is 18.1 Å². The maximum absolute atomic E-state index is 12.7. The van der Waals surface area contributed by atoms with Gasteiger partial charge in [0.2, 0.25) is 17.7 Å². The predicted octanol–water partition coefficient (Wildman–Crippen LogP) is -3.13. The highest BCUT2D eigenvalue weighted by Gasteiger charge is 2.34. The van der Waals surface area contributed by atoms with Gasteiger partial charge in [0, 0.05) is 0 Å². The zero-order chi connectivity index (χ0) is 25.6. The average molecular weight is 477 g/mol. The Morgan fingerprint density at radius 1 is 0.727 bits per heavy atom. The number of carboxylic acid groups (broad SMARTS) is 1. The number of carbonyl (C=O) groups is 4. The fraction of sp³-hybridized carbons (Fsp3) is 0.800. The number of aliphatic hydroxyl groups excluding tert-OH is 2. The van der Waals surface area contributed by atoms with Crippen LogP contribution in [0.15, 0.2) is 0 Å². The summed E-state index contributed by atoms with van der Waals surface area (Å²) in [4.78, 5) is 49.0. The molecule has 0 spiro atoms. The Bertz CT molecular complexity index is 632. The maximum Gasteiger partial charge on any atom is 0.326 e. The van der Waals surface area contributed by atoms with Crippen molar-refractivity contribution in [2.75, 3.05) is 13.1 Å². The van der Waals surface area contributed by atoms with Gasteiger partial charge in [0.05, 0.1) is 18.2 Å². The summed E-state index contributed by atoms with van der Waals surface area (Å²) in [5.41, 5.74) is 16.6. The fourth-order valence-electron chi connectivity index (χ4n) is 2.97. The number of carboxylic acids is 1. The third kappa shape index (κ3) is 11.9. The first-order chi connectivity index (χ1) is 15.5. The van der Waals surface area contributed by atoms with E-state index in [9.17, 15) is 34.5 Å². The number of unbranched alkanes of at least 4 members (excludes halogenated alkanes) is 2. The Labute approximate surface area is 193 Å². The summed E-state index contributed by atoms with van der Waals surface area (Å²) in [6.07, 6.45) is 0.0281. The van der Waals surface area contributed by atoms with E-state index in [-0.39, 0.29) is 6.42 Å². The molecule has 0 rings (SSSR count). The number of hydrogen-bond acceptors (Lipinski definition) is 9. The summed E-state index contributed by atoms with van der Waals surface area (Å²) in [7, 11) is 0. The molecule has 6 unspecified atom stereocenters. The van der Waals surface area contributed by atoms with Gasteiger partial charge in [-0.05, 0) is 59.0 Å². The van der Waals surface area contributed by atoms with E-state index in [0.29, 0.717) is 45.2 Å². The molecule has 0 aliphatic heterocycles. The molecule has 0 aromatic carbocycles. The normalized spacial score (nSPS) is 16.6. The quantitative estimate of drug-likeness (QED) is 0.0955. The number of aliphatic hydroxyl groups is 2. The number of nitrogens with one attached hydrogen (secondary N) is 3. The van der Waals surface area contributed by atoms with Crippen molar-refractivity contribution in [1.29, 1.82) is 0 Å². The minimum absolute atomic E-state index is 0.118. The lowest BCUT2D eigenvalue weighted by molar-refractivity contribution is -0.143. The lowest BCUT2D eigenvalue weighted by Crippen LogP contribution is -2.61. The molecule has 0 aliphatic carbocycles. The lowest BCUT2D eigenvalue weighted by atomic mass is 10.1. The van der Waals surface area contributed by atoms with Crippen LogP contribution in [-0.4, -0.2) is 88.5 Å². The van der Waals surface area contributed by atoms with Crippen molar-refractivity contribution in [1.82, 2.24) is 16.0 Å². The van der Waals surface area contributed by atoms with E-state index in [2.05, 4.69) is 16.0 Å². The molecule has 0 aliphatic rings. The molecule has 0 aromatic rings. The standard InChI is InChI=1S/C20H40N6O7/c1-11(27)15(18(30)24-14(20(32)33)8-4-6-10-22)26-19(31)16(12(2)28)25-17(29)13(23)7-3-5-9-21/h11-16,27-28H,3-10,21-23H2,1-2H3,(H,24,30)(H,25,29)(H,26,31)(H,32,33). The van der Waals surface area contributed by atoms with E-state index in [0.717, 1.165) is 0 Å². The average Bonchev–Trinajstić information content (AvgIpc) is 2.74. The Balaban J connectivity index is 5.21. The molecule has 0 saturated heterocycles. The molecule has 192 valence electrons. The second kappa shape index (κ2) is 16.3. The molecule has 33 heavy (non-hydrogen) atoms. The van der Waals surface area contributed by atoms with Gasteiger partial charge in [-0.25, -0.2) is 4.79 Å². The number of carbonyl (C=O) groups excluding carboxylic acids is 3. The van der Waals surface area contributed by atoms with E-state index in [1.807, 2.05) is 0 Å². The zero-order valence-corrected chi connectivity index (χ0v) is 19.3. The van der Waals surface area contributed by atoms with Crippen molar-refractivity contribution >= 4 is 23.7 Å². The van der Waals surface area contributed by atoms with Crippen molar-refractivity contribution in [3.8, 4) is 0 Å². The largest absolute Gasteiger partial charge is 0.480 e. The Morgan fingerprint density at radius 2 is 1.15 bits per heavy atom. The molecular formula is C20H40N6O7. The number of rotatable bonds is 17. The van der Waals surface area contributed by atoms with Crippen LogP contribution in [0.5, 0.6) is 0 Å². The first kappa shape index (κ1) is 30.7. The van der Waals surface area contributed by atoms with Crippen molar-refractivity contribution in [2.24, 2.45) is 17.2 Å². The van der Waals surface area contributed by atoms with Gasteiger partial charge in [-0.1, -0.05) is 6.42 Å². The van der Waals surface area contributed by atoms with Crippen LogP contribution in [0, 0.1) is 0 Å². The van der Waals surface area contributed by atoms with Crippen molar-refractivity contribution in [2.45, 2.75) is 88.7 Å². The summed E-state index contributed by atoms with van der Waals surface area (Å²) in [6.45, 7) is 3.32.